The van der Waals surface area contributed by atoms with Crippen molar-refractivity contribution in [3.05, 3.63) is 54.1 Å². The predicted octanol–water partition coefficient (Wildman–Crippen LogP) is 4.07. The van der Waals surface area contributed by atoms with Gasteiger partial charge in [-0.25, -0.2) is 0 Å². The smallest absolute Gasteiger partial charge is 0.307 e. The van der Waals surface area contributed by atoms with Gasteiger partial charge in [0.2, 0.25) is 0 Å². The molecular weight excluding hydrogens is 370 g/mol. The third-order valence-electron chi connectivity index (χ3n) is 4.90. The van der Waals surface area contributed by atoms with E-state index in [1.807, 2.05) is 29.2 Å². The number of benzene rings is 2. The number of carboxylic acids is 1. The van der Waals surface area contributed by atoms with Gasteiger partial charge in [-0.05, 0) is 24.6 Å². The van der Waals surface area contributed by atoms with Crippen LogP contribution in [-0.2, 0) is 16.0 Å². The second kappa shape index (κ2) is 9.96. The Balaban J connectivity index is 1.65. The first-order valence-corrected chi connectivity index (χ1v) is 10.1. The van der Waals surface area contributed by atoms with E-state index in [1.165, 1.54) is 0 Å². The summed E-state index contributed by atoms with van der Waals surface area (Å²) >= 11 is 0. The highest BCUT2D eigenvalue weighted by atomic mass is 16.5. The lowest BCUT2D eigenvalue weighted by Crippen LogP contribution is -2.46. The molecule has 3 rings (SSSR count). The number of rotatable bonds is 10. The van der Waals surface area contributed by atoms with Gasteiger partial charge in [-0.1, -0.05) is 50.1 Å². The molecule has 0 spiro atoms. The van der Waals surface area contributed by atoms with Gasteiger partial charge in [0.05, 0.1) is 18.7 Å². The summed E-state index contributed by atoms with van der Waals surface area (Å²) in [7, 11) is 0. The number of amides is 1. The topological polar surface area (TPSA) is 76.1 Å². The highest BCUT2D eigenvalue weighted by molar-refractivity contribution is 6.00. The van der Waals surface area contributed by atoms with E-state index < -0.39 is 12.1 Å². The van der Waals surface area contributed by atoms with Crippen LogP contribution in [0, 0.1) is 0 Å². The quantitative estimate of drug-likeness (QED) is 0.612. The Kier molecular flexibility index (Phi) is 7.11. The van der Waals surface area contributed by atoms with Crippen molar-refractivity contribution >= 4 is 17.6 Å². The number of anilines is 1. The predicted molar refractivity (Wildman–Crippen MR) is 111 cm³/mol. The molecule has 1 N–H and O–H groups in total. The maximum absolute atomic E-state index is 13.0. The second-order valence-corrected chi connectivity index (χ2v) is 7.09. The Morgan fingerprint density at radius 2 is 1.90 bits per heavy atom. The summed E-state index contributed by atoms with van der Waals surface area (Å²) in [5.74, 6) is 0.270. The normalized spacial score (nSPS) is 15.6. The average Bonchev–Trinajstić information content (AvgIpc) is 2.71. The zero-order chi connectivity index (χ0) is 20.6. The molecule has 0 radical (unpaired) electrons. The number of hydrogen-bond donors (Lipinski definition) is 1. The van der Waals surface area contributed by atoms with E-state index in [2.05, 4.69) is 6.92 Å². The molecule has 6 nitrogen and oxygen atoms in total. The van der Waals surface area contributed by atoms with Crippen LogP contribution in [0.15, 0.2) is 48.5 Å². The monoisotopic (exact) mass is 397 g/mol. The molecular formula is C23H27NO5. The van der Waals surface area contributed by atoms with E-state index in [-0.39, 0.29) is 18.9 Å². The average molecular weight is 397 g/mol. The van der Waals surface area contributed by atoms with Crippen molar-refractivity contribution < 1.29 is 24.2 Å². The minimum absolute atomic E-state index is 0.0535. The zero-order valence-electron chi connectivity index (χ0n) is 16.7. The highest BCUT2D eigenvalue weighted by Crippen LogP contribution is 2.34. The summed E-state index contributed by atoms with van der Waals surface area (Å²) in [5.41, 5.74) is 1.43. The van der Waals surface area contributed by atoms with Crippen LogP contribution >= 0.6 is 0 Å². The number of nitrogens with zero attached hydrogens (tertiary/aromatic N) is 1. The number of carbonyl (C=O) groups is 2. The standard InChI is InChI=1S/C23H27NO5/c1-2-3-8-14-24-18-10-5-7-12-20(18)29-21(23(24)27)13-15-28-19-11-6-4-9-17(19)16-22(25)26/h4-7,9-12,21H,2-3,8,13-16H2,1H3,(H,25,26). The summed E-state index contributed by atoms with van der Waals surface area (Å²) in [5, 5.41) is 9.04. The van der Waals surface area contributed by atoms with Crippen LogP contribution in [0.5, 0.6) is 11.5 Å². The van der Waals surface area contributed by atoms with Gasteiger partial charge >= 0.3 is 5.97 Å². The highest BCUT2D eigenvalue weighted by Gasteiger charge is 2.33. The van der Waals surface area contributed by atoms with Crippen molar-refractivity contribution in [2.45, 2.75) is 45.1 Å². The van der Waals surface area contributed by atoms with Crippen molar-refractivity contribution in [2.75, 3.05) is 18.1 Å². The summed E-state index contributed by atoms with van der Waals surface area (Å²) in [6.45, 7) is 3.07. The molecule has 154 valence electrons. The number of carboxylic acid groups (broad SMARTS) is 1. The Morgan fingerprint density at radius 3 is 2.69 bits per heavy atom. The number of unbranched alkanes of at least 4 members (excludes halogenated alkanes) is 2. The molecule has 1 unspecified atom stereocenters. The summed E-state index contributed by atoms with van der Waals surface area (Å²) in [4.78, 5) is 25.8. The van der Waals surface area contributed by atoms with Gasteiger partial charge in [-0.3, -0.25) is 9.59 Å². The maximum atomic E-state index is 13.0. The Morgan fingerprint density at radius 1 is 1.14 bits per heavy atom. The van der Waals surface area contributed by atoms with Gasteiger partial charge in [0.1, 0.15) is 11.5 Å². The van der Waals surface area contributed by atoms with E-state index in [0.29, 0.717) is 30.0 Å². The number of carbonyl (C=O) groups excluding carboxylic acids is 1. The SMILES string of the molecule is CCCCCN1C(=O)C(CCOc2ccccc2CC(=O)O)Oc2ccccc21. The van der Waals surface area contributed by atoms with E-state index in [0.717, 1.165) is 24.9 Å². The second-order valence-electron chi connectivity index (χ2n) is 7.09. The zero-order valence-corrected chi connectivity index (χ0v) is 16.7. The molecule has 1 atom stereocenters. The van der Waals surface area contributed by atoms with E-state index >= 15 is 0 Å². The van der Waals surface area contributed by atoms with Crippen molar-refractivity contribution in [1.29, 1.82) is 0 Å². The molecule has 1 aliphatic heterocycles. The third kappa shape index (κ3) is 5.28. The van der Waals surface area contributed by atoms with Gasteiger partial charge < -0.3 is 19.5 Å². The largest absolute Gasteiger partial charge is 0.493 e. The number of aliphatic carboxylic acids is 1. The lowest BCUT2D eigenvalue weighted by Gasteiger charge is -2.34. The molecule has 1 heterocycles. The van der Waals surface area contributed by atoms with Crippen LogP contribution in [0.3, 0.4) is 0 Å². The van der Waals surface area contributed by atoms with Crippen LogP contribution < -0.4 is 14.4 Å². The van der Waals surface area contributed by atoms with Crippen LogP contribution in [0.1, 0.15) is 38.2 Å². The van der Waals surface area contributed by atoms with Crippen LogP contribution in [0.4, 0.5) is 5.69 Å². The summed E-state index contributed by atoms with van der Waals surface area (Å²) in [6, 6.07) is 14.7. The number of para-hydroxylation sites is 3. The fourth-order valence-electron chi connectivity index (χ4n) is 3.44. The lowest BCUT2D eigenvalue weighted by molar-refractivity contribution is -0.136. The molecule has 0 bridgehead atoms. The van der Waals surface area contributed by atoms with Crippen molar-refractivity contribution in [2.24, 2.45) is 0 Å². The van der Waals surface area contributed by atoms with Crippen LogP contribution in [-0.4, -0.2) is 36.2 Å². The molecule has 0 saturated carbocycles. The van der Waals surface area contributed by atoms with Gasteiger partial charge in [-0.2, -0.15) is 0 Å². The molecule has 2 aromatic rings. The lowest BCUT2D eigenvalue weighted by atomic mass is 10.1. The molecule has 0 fully saturated rings. The molecule has 29 heavy (non-hydrogen) atoms. The molecule has 1 amide bonds. The molecule has 1 aliphatic rings. The Bertz CT molecular complexity index is 851. The molecule has 0 aliphatic carbocycles. The van der Waals surface area contributed by atoms with E-state index in [4.69, 9.17) is 14.6 Å². The number of hydrogen-bond acceptors (Lipinski definition) is 4. The first-order valence-electron chi connectivity index (χ1n) is 10.1. The summed E-state index contributed by atoms with van der Waals surface area (Å²) in [6.07, 6.45) is 2.78. The summed E-state index contributed by atoms with van der Waals surface area (Å²) < 4.78 is 11.7. The van der Waals surface area contributed by atoms with Gasteiger partial charge in [0, 0.05) is 18.5 Å². The maximum Gasteiger partial charge on any atom is 0.307 e. The van der Waals surface area contributed by atoms with Gasteiger partial charge in [0.25, 0.3) is 5.91 Å². The molecule has 6 heteroatoms. The molecule has 0 saturated heterocycles. The molecule has 2 aromatic carbocycles. The number of fused-ring (bicyclic) bond motifs is 1. The van der Waals surface area contributed by atoms with Gasteiger partial charge in [-0.15, -0.1) is 0 Å². The third-order valence-corrected chi connectivity index (χ3v) is 4.90. The minimum Gasteiger partial charge on any atom is -0.493 e. The van der Waals surface area contributed by atoms with Gasteiger partial charge in [0.15, 0.2) is 6.10 Å². The first-order chi connectivity index (χ1) is 14.1. The first kappa shape index (κ1) is 20.7. The van der Waals surface area contributed by atoms with Crippen molar-refractivity contribution in [3.8, 4) is 11.5 Å². The number of ether oxygens (including phenoxy) is 2. The van der Waals surface area contributed by atoms with E-state index in [1.54, 1.807) is 24.3 Å². The Labute approximate surface area is 171 Å². The van der Waals surface area contributed by atoms with Crippen molar-refractivity contribution in [1.82, 2.24) is 0 Å². The fourth-order valence-corrected chi connectivity index (χ4v) is 3.44. The van der Waals surface area contributed by atoms with Crippen LogP contribution in [0.25, 0.3) is 0 Å². The van der Waals surface area contributed by atoms with Crippen LogP contribution in [0.2, 0.25) is 0 Å². The Hall–Kier alpha value is -3.02. The van der Waals surface area contributed by atoms with Crippen molar-refractivity contribution in [3.63, 3.8) is 0 Å². The van der Waals surface area contributed by atoms with E-state index in [9.17, 15) is 9.59 Å². The fraction of sp³-hybridized carbons (Fsp3) is 0.391. The molecule has 0 aromatic heterocycles. The minimum atomic E-state index is -0.911.